The van der Waals surface area contributed by atoms with E-state index in [2.05, 4.69) is 33.8 Å². The molecule has 4 aromatic rings. The number of halogens is 1. The monoisotopic (exact) mass is 473 g/mol. The van der Waals surface area contributed by atoms with Crippen molar-refractivity contribution in [1.29, 1.82) is 0 Å². The van der Waals surface area contributed by atoms with Crippen molar-refractivity contribution in [2.24, 2.45) is 0 Å². The van der Waals surface area contributed by atoms with Crippen LogP contribution >= 0.6 is 0 Å². The van der Waals surface area contributed by atoms with E-state index in [1.807, 2.05) is 83.9 Å². The highest BCUT2D eigenvalue weighted by atomic mass is 79.9. The Kier molecular flexibility index (Phi) is 6.16. The second kappa shape index (κ2) is 9.00. The Morgan fingerprint density at radius 2 is 1.39 bits per heavy atom. The Labute approximate surface area is 193 Å². The highest BCUT2D eigenvalue weighted by molar-refractivity contribution is 5.42. The lowest BCUT2D eigenvalue weighted by Gasteiger charge is -2.33. The number of aromatic nitrogens is 2. The summed E-state index contributed by atoms with van der Waals surface area (Å²) in [5, 5.41) is 12.4. The summed E-state index contributed by atoms with van der Waals surface area (Å²) >= 11 is 0. The quantitative estimate of drug-likeness (QED) is 0.440. The summed E-state index contributed by atoms with van der Waals surface area (Å²) < 4.78 is 2.11. The van der Waals surface area contributed by atoms with Crippen LogP contribution < -0.4 is 26.4 Å². The maximum atomic E-state index is 12.4. The van der Waals surface area contributed by atoms with Gasteiger partial charge in [-0.05, 0) is 11.1 Å². The second-order valence-corrected chi connectivity index (χ2v) is 7.70. The number of benzene rings is 3. The molecule has 1 aliphatic rings. The fourth-order valence-corrected chi connectivity index (χ4v) is 4.42. The van der Waals surface area contributed by atoms with Crippen LogP contribution in [0.3, 0.4) is 0 Å². The Balaban J connectivity index is 0.00000231. The smallest absolute Gasteiger partial charge is 0.397 e. The molecular formula is C26H24BrN3O. The first kappa shape index (κ1) is 21.2. The third-order valence-electron chi connectivity index (χ3n) is 5.86. The highest BCUT2D eigenvalue weighted by Crippen LogP contribution is 2.43. The Bertz CT molecular complexity index is 1050. The molecule has 1 N–H and O–H groups in total. The normalized spacial score (nSPS) is 19.5. The molecule has 2 unspecified atom stereocenters. The number of nitrogens with zero attached hydrogens (tertiary/aromatic N) is 3. The average Bonchev–Trinajstić information content (AvgIpc) is 3.05. The third-order valence-corrected chi connectivity index (χ3v) is 5.86. The molecule has 0 spiro atoms. The van der Waals surface area contributed by atoms with Crippen molar-refractivity contribution in [2.45, 2.75) is 24.7 Å². The lowest BCUT2D eigenvalue weighted by atomic mass is 9.89. The molecule has 156 valence electrons. The molecule has 1 aliphatic heterocycles. The first-order chi connectivity index (χ1) is 14.8. The summed E-state index contributed by atoms with van der Waals surface area (Å²) in [4.78, 5) is 6.71. The standard InChI is InChI=1S/C26H24N3O.BrH/c30-26(23-15-8-3-9-16-23)24(19-21-11-4-1-5-12-21)28-18-10-17-27-25(28)29(26)20-22-13-6-2-7-14-22;/h1-18,24,30H,19-20H2;1H/q+1;/p-1. The van der Waals surface area contributed by atoms with E-state index in [1.54, 1.807) is 6.20 Å². The topological polar surface area (TPSA) is 40.2 Å². The first-order valence-corrected chi connectivity index (χ1v) is 10.3. The van der Waals surface area contributed by atoms with Crippen LogP contribution in [-0.2, 0) is 18.7 Å². The summed E-state index contributed by atoms with van der Waals surface area (Å²) in [7, 11) is 0. The van der Waals surface area contributed by atoms with Crippen molar-refractivity contribution in [3.8, 4) is 0 Å². The zero-order chi connectivity index (χ0) is 20.4. The van der Waals surface area contributed by atoms with E-state index < -0.39 is 5.72 Å². The van der Waals surface area contributed by atoms with Gasteiger partial charge >= 0.3 is 5.95 Å². The van der Waals surface area contributed by atoms with Gasteiger partial charge in [0.05, 0.1) is 12.7 Å². The van der Waals surface area contributed by atoms with Gasteiger partial charge in [-0.15, -0.1) is 0 Å². The predicted molar refractivity (Wildman–Crippen MR) is 117 cm³/mol. The molecule has 2 atom stereocenters. The van der Waals surface area contributed by atoms with Crippen LogP contribution in [-0.4, -0.2) is 10.1 Å². The lowest BCUT2D eigenvalue weighted by molar-refractivity contribution is -0.713. The maximum Gasteiger partial charge on any atom is 0.397 e. The van der Waals surface area contributed by atoms with E-state index in [0.29, 0.717) is 13.0 Å². The van der Waals surface area contributed by atoms with E-state index in [1.165, 1.54) is 5.56 Å². The number of hydrogen-bond donors (Lipinski definition) is 1. The summed E-state index contributed by atoms with van der Waals surface area (Å²) in [5.74, 6) is 0.772. The third kappa shape index (κ3) is 3.87. The molecule has 1 aromatic heterocycles. The molecular weight excluding hydrogens is 450 g/mol. The zero-order valence-electron chi connectivity index (χ0n) is 17.1. The van der Waals surface area contributed by atoms with Gasteiger partial charge in [-0.25, -0.2) is 9.47 Å². The van der Waals surface area contributed by atoms with E-state index in [9.17, 15) is 5.11 Å². The van der Waals surface area contributed by atoms with Crippen LogP contribution in [0.1, 0.15) is 22.7 Å². The van der Waals surface area contributed by atoms with Crippen LogP contribution in [0.25, 0.3) is 0 Å². The molecule has 5 heteroatoms. The largest absolute Gasteiger partial charge is 1.00 e. The minimum atomic E-state index is -1.23. The van der Waals surface area contributed by atoms with Gasteiger partial charge in [-0.2, -0.15) is 0 Å². The molecule has 0 amide bonds. The van der Waals surface area contributed by atoms with Gasteiger partial charge in [0.15, 0.2) is 6.04 Å². The van der Waals surface area contributed by atoms with Crippen LogP contribution in [0.4, 0.5) is 5.95 Å². The summed E-state index contributed by atoms with van der Waals surface area (Å²) in [5.41, 5.74) is 1.95. The summed E-state index contributed by atoms with van der Waals surface area (Å²) in [6.45, 7) is 0.564. The van der Waals surface area contributed by atoms with Crippen molar-refractivity contribution in [3.05, 3.63) is 126 Å². The van der Waals surface area contributed by atoms with Crippen molar-refractivity contribution < 1.29 is 26.7 Å². The molecule has 4 nitrogen and oxygen atoms in total. The Morgan fingerprint density at radius 1 is 0.806 bits per heavy atom. The SMILES string of the molecule is OC1(c2ccccc2)C(Cc2ccccc2)[n+]2cccnc2N1Cc1ccccc1.[Br-]. The van der Waals surface area contributed by atoms with Gasteiger partial charge < -0.3 is 22.1 Å². The van der Waals surface area contributed by atoms with E-state index in [4.69, 9.17) is 0 Å². The number of fused-ring (bicyclic) bond motifs is 1. The molecule has 0 bridgehead atoms. The molecule has 0 radical (unpaired) electrons. The molecule has 0 saturated heterocycles. The number of anilines is 1. The van der Waals surface area contributed by atoms with Gasteiger partial charge in [0.1, 0.15) is 6.20 Å². The van der Waals surface area contributed by atoms with Crippen molar-refractivity contribution in [1.82, 2.24) is 4.98 Å². The van der Waals surface area contributed by atoms with Crippen molar-refractivity contribution in [2.75, 3.05) is 4.90 Å². The van der Waals surface area contributed by atoms with Crippen molar-refractivity contribution in [3.63, 3.8) is 0 Å². The highest BCUT2D eigenvalue weighted by Gasteiger charge is 2.58. The molecule has 0 saturated carbocycles. The van der Waals surface area contributed by atoms with Crippen molar-refractivity contribution >= 4 is 5.95 Å². The Hall–Kier alpha value is -3.02. The van der Waals surface area contributed by atoms with E-state index in [-0.39, 0.29) is 23.0 Å². The van der Waals surface area contributed by atoms with E-state index >= 15 is 0 Å². The summed E-state index contributed by atoms with van der Waals surface area (Å²) in [6, 6.07) is 32.2. The number of aliphatic hydroxyl groups is 1. The van der Waals surface area contributed by atoms with E-state index in [0.717, 1.165) is 17.1 Å². The van der Waals surface area contributed by atoms with Crippen LogP contribution in [0.15, 0.2) is 109 Å². The van der Waals surface area contributed by atoms with Crippen LogP contribution in [0.5, 0.6) is 0 Å². The lowest BCUT2D eigenvalue weighted by Crippen LogP contribution is -3.00. The molecule has 0 fully saturated rings. The molecule has 5 rings (SSSR count). The second-order valence-electron chi connectivity index (χ2n) is 7.70. The van der Waals surface area contributed by atoms with Gasteiger partial charge in [0.2, 0.25) is 5.72 Å². The van der Waals surface area contributed by atoms with Gasteiger partial charge in [-0.3, -0.25) is 0 Å². The predicted octanol–water partition coefficient (Wildman–Crippen LogP) is 1.02. The maximum absolute atomic E-state index is 12.4. The van der Waals surface area contributed by atoms with Gasteiger partial charge in [0.25, 0.3) is 0 Å². The minimum Gasteiger partial charge on any atom is -1.00 e. The van der Waals surface area contributed by atoms with Crippen LogP contribution in [0, 0.1) is 0 Å². The minimum absolute atomic E-state index is 0. The zero-order valence-corrected chi connectivity index (χ0v) is 18.6. The fourth-order valence-electron chi connectivity index (χ4n) is 4.42. The average molecular weight is 474 g/mol. The number of hydrogen-bond acceptors (Lipinski definition) is 3. The first-order valence-electron chi connectivity index (χ1n) is 10.3. The Morgan fingerprint density at radius 3 is 2.03 bits per heavy atom. The fraction of sp³-hybridized carbons (Fsp3) is 0.154. The van der Waals surface area contributed by atoms with Gasteiger partial charge in [0, 0.05) is 18.1 Å². The van der Waals surface area contributed by atoms with Crippen LogP contribution in [0.2, 0.25) is 0 Å². The molecule has 0 aliphatic carbocycles. The molecule has 2 heterocycles. The molecule has 3 aromatic carbocycles. The van der Waals surface area contributed by atoms with Gasteiger partial charge in [-0.1, -0.05) is 96.0 Å². The molecule has 31 heavy (non-hydrogen) atoms. The summed E-state index contributed by atoms with van der Waals surface area (Å²) in [6.07, 6.45) is 4.51. The number of rotatable bonds is 5.